The zero-order chi connectivity index (χ0) is 21.1. The fourth-order valence-corrected chi connectivity index (χ4v) is 5.09. The third kappa shape index (κ3) is 4.40. The Morgan fingerprint density at radius 1 is 1.28 bits per heavy atom. The highest BCUT2D eigenvalue weighted by atomic mass is 32.2. The molecule has 3 rings (SSSR count). The van der Waals surface area contributed by atoms with Crippen LogP contribution >= 0.6 is 0 Å². The zero-order valence-corrected chi connectivity index (χ0v) is 16.1. The maximum Gasteiger partial charge on any atom is 0.279 e. The van der Waals surface area contributed by atoms with E-state index >= 15 is 0 Å². The van der Waals surface area contributed by atoms with E-state index in [-0.39, 0.29) is 30.3 Å². The summed E-state index contributed by atoms with van der Waals surface area (Å²) in [6.45, 7) is -0.419. The highest BCUT2D eigenvalue weighted by molar-refractivity contribution is 7.92. The van der Waals surface area contributed by atoms with E-state index in [0.29, 0.717) is 11.3 Å². The summed E-state index contributed by atoms with van der Waals surface area (Å²) in [7, 11) is -4.12. The summed E-state index contributed by atoms with van der Waals surface area (Å²) in [4.78, 5) is 11.8. The van der Waals surface area contributed by atoms with Crippen LogP contribution in [0, 0.1) is 5.82 Å². The Morgan fingerprint density at radius 2 is 2.00 bits per heavy atom. The lowest BCUT2D eigenvalue weighted by Gasteiger charge is -2.36. The quantitative estimate of drug-likeness (QED) is 0.470. The summed E-state index contributed by atoms with van der Waals surface area (Å²) in [5.74, 6) is -1.27. The van der Waals surface area contributed by atoms with Gasteiger partial charge >= 0.3 is 0 Å². The molecule has 2 aromatic rings. The molecule has 2 atom stereocenters. The number of carbonyl (C=O) groups is 1. The first-order valence-electron chi connectivity index (χ1n) is 8.73. The number of benzene rings is 2. The fourth-order valence-electron chi connectivity index (χ4n) is 3.15. The lowest BCUT2D eigenvalue weighted by molar-refractivity contribution is -0.161. The second kappa shape index (κ2) is 8.46. The summed E-state index contributed by atoms with van der Waals surface area (Å²) in [6, 6.07) is 11.3. The molecule has 156 valence electrons. The summed E-state index contributed by atoms with van der Waals surface area (Å²) >= 11 is 0. The van der Waals surface area contributed by atoms with Crippen molar-refractivity contribution in [3.63, 3.8) is 0 Å². The second-order valence-electron chi connectivity index (χ2n) is 6.63. The van der Waals surface area contributed by atoms with E-state index in [9.17, 15) is 22.7 Å². The number of aliphatic hydroxyl groups is 1. The molecule has 1 saturated heterocycles. The number of carbonyl (C=O) groups excluding carboxylic acids is 1. The molecule has 1 heterocycles. The van der Waals surface area contributed by atoms with Crippen LogP contribution in [0.1, 0.15) is 12.0 Å². The average molecular weight is 425 g/mol. The van der Waals surface area contributed by atoms with Gasteiger partial charge in [0.15, 0.2) is 15.4 Å². The number of amides is 1. The molecule has 10 heteroatoms. The van der Waals surface area contributed by atoms with Gasteiger partial charge in [-0.25, -0.2) is 18.3 Å². The van der Waals surface area contributed by atoms with Gasteiger partial charge in [0.1, 0.15) is 23.4 Å². The van der Waals surface area contributed by atoms with Crippen molar-refractivity contribution in [2.45, 2.75) is 28.8 Å². The van der Waals surface area contributed by atoms with Crippen LogP contribution in [0.2, 0.25) is 0 Å². The minimum Gasteiger partial charge on any atom is -0.489 e. The summed E-state index contributed by atoms with van der Waals surface area (Å²) < 4.78 is 49.8. The Hall–Kier alpha value is -2.53. The van der Waals surface area contributed by atoms with Gasteiger partial charge in [-0.05, 0) is 48.4 Å². The van der Waals surface area contributed by atoms with E-state index in [2.05, 4.69) is 0 Å². The highest BCUT2D eigenvalue weighted by Crippen LogP contribution is 2.32. The topological polar surface area (TPSA) is 122 Å². The average Bonchev–Trinajstić information content (AvgIpc) is 2.72. The molecule has 2 unspecified atom stereocenters. The third-order valence-electron chi connectivity index (χ3n) is 4.70. The van der Waals surface area contributed by atoms with E-state index in [4.69, 9.17) is 14.7 Å². The van der Waals surface area contributed by atoms with Gasteiger partial charge in [0, 0.05) is 6.61 Å². The monoisotopic (exact) mass is 425 g/mol. The number of nitrogens with one attached hydrogen (secondary N) is 1. The van der Waals surface area contributed by atoms with Gasteiger partial charge in [0.25, 0.3) is 5.91 Å². The first-order chi connectivity index (χ1) is 13.8. The molecule has 1 aliphatic rings. The highest BCUT2D eigenvalue weighted by Gasteiger charge is 2.53. The number of hydrogen-bond acceptors (Lipinski definition) is 7. The smallest absolute Gasteiger partial charge is 0.279 e. The Kier molecular flexibility index (Phi) is 6.18. The fraction of sp³-hybridized carbons (Fsp3) is 0.316. The lowest BCUT2D eigenvalue weighted by Crippen LogP contribution is -2.62. The predicted octanol–water partition coefficient (Wildman–Crippen LogP) is 1.20. The van der Waals surface area contributed by atoms with Gasteiger partial charge in [-0.1, -0.05) is 12.1 Å². The molecule has 0 radical (unpaired) electrons. The summed E-state index contributed by atoms with van der Waals surface area (Å²) in [5, 5.41) is 17.9. The molecule has 1 amide bonds. The molecule has 0 saturated carbocycles. The van der Waals surface area contributed by atoms with E-state index in [1.165, 1.54) is 41.9 Å². The van der Waals surface area contributed by atoms with Crippen molar-refractivity contribution in [1.29, 1.82) is 0 Å². The maximum atomic E-state index is 13.2. The Morgan fingerprint density at radius 3 is 2.66 bits per heavy atom. The number of rotatable bonds is 6. The maximum absolute atomic E-state index is 13.2. The van der Waals surface area contributed by atoms with Crippen molar-refractivity contribution in [3.05, 3.63) is 59.9 Å². The van der Waals surface area contributed by atoms with E-state index in [0.717, 1.165) is 0 Å². The number of hydroxylamine groups is 1. The van der Waals surface area contributed by atoms with Crippen LogP contribution in [0.4, 0.5) is 4.39 Å². The molecule has 0 spiro atoms. The van der Waals surface area contributed by atoms with E-state index < -0.39 is 33.2 Å². The molecule has 2 aromatic carbocycles. The van der Waals surface area contributed by atoms with Gasteiger partial charge in [0.2, 0.25) is 0 Å². The first-order valence-corrected chi connectivity index (χ1v) is 10.3. The van der Waals surface area contributed by atoms with Crippen molar-refractivity contribution < 1.29 is 37.4 Å². The minimum absolute atomic E-state index is 0.0414. The number of ether oxygens (including phenoxy) is 2. The van der Waals surface area contributed by atoms with Gasteiger partial charge in [-0.15, -0.1) is 0 Å². The second-order valence-corrected chi connectivity index (χ2v) is 8.76. The normalized spacial score (nSPS) is 22.1. The standard InChI is InChI=1S/C19H20FNO7S/c20-14-3-1-2-13(10-14)11-28-15-4-6-16(7-5-15)29(25,26)17-8-9-27-12-19(17,23)18(22)21-24/h1-7,10,17,23-24H,8-9,11-12H2,(H,21,22). The first kappa shape index (κ1) is 21.2. The van der Waals surface area contributed by atoms with Crippen LogP contribution in [0.25, 0.3) is 0 Å². The number of hydrogen-bond donors (Lipinski definition) is 3. The van der Waals surface area contributed by atoms with Crippen LogP contribution in [0.5, 0.6) is 5.75 Å². The van der Waals surface area contributed by atoms with Crippen molar-refractivity contribution in [3.8, 4) is 5.75 Å². The molecule has 0 aliphatic carbocycles. The minimum atomic E-state index is -4.12. The van der Waals surface area contributed by atoms with Crippen LogP contribution in [-0.2, 0) is 26.0 Å². The SMILES string of the molecule is O=C(NO)C1(O)COCCC1S(=O)(=O)c1ccc(OCc2cccc(F)c2)cc1. The van der Waals surface area contributed by atoms with Crippen molar-refractivity contribution >= 4 is 15.7 Å². The summed E-state index contributed by atoms with van der Waals surface area (Å²) in [6.07, 6.45) is -0.121. The molecule has 1 aliphatic heterocycles. The van der Waals surface area contributed by atoms with Crippen LogP contribution in [-0.4, -0.2) is 48.7 Å². The van der Waals surface area contributed by atoms with Crippen LogP contribution in [0.15, 0.2) is 53.4 Å². The summed E-state index contributed by atoms with van der Waals surface area (Å²) in [5.41, 5.74) is -0.509. The Balaban J connectivity index is 1.77. The van der Waals surface area contributed by atoms with Crippen LogP contribution < -0.4 is 10.2 Å². The zero-order valence-electron chi connectivity index (χ0n) is 15.2. The van der Waals surface area contributed by atoms with Crippen LogP contribution in [0.3, 0.4) is 0 Å². The van der Waals surface area contributed by atoms with Gasteiger partial charge in [-0.3, -0.25) is 10.0 Å². The van der Waals surface area contributed by atoms with Gasteiger partial charge in [0.05, 0.1) is 11.5 Å². The molecule has 29 heavy (non-hydrogen) atoms. The molecule has 1 fully saturated rings. The Labute approximate surface area is 166 Å². The lowest BCUT2D eigenvalue weighted by atomic mass is 9.95. The molecule has 8 nitrogen and oxygen atoms in total. The third-order valence-corrected chi connectivity index (χ3v) is 7.00. The van der Waals surface area contributed by atoms with Gasteiger partial charge in [-0.2, -0.15) is 0 Å². The predicted molar refractivity (Wildman–Crippen MR) is 98.5 cm³/mol. The molecule has 0 bridgehead atoms. The van der Waals surface area contributed by atoms with E-state index in [1.54, 1.807) is 12.1 Å². The van der Waals surface area contributed by atoms with Crippen molar-refractivity contribution in [2.24, 2.45) is 0 Å². The van der Waals surface area contributed by atoms with Crippen molar-refractivity contribution in [2.75, 3.05) is 13.2 Å². The molecular formula is C19H20FNO7S. The Bertz CT molecular complexity index is 980. The molecule has 3 N–H and O–H groups in total. The number of sulfone groups is 1. The molecule has 0 aromatic heterocycles. The van der Waals surface area contributed by atoms with E-state index in [1.807, 2.05) is 0 Å². The number of halogens is 1. The molecular weight excluding hydrogens is 405 g/mol. The van der Waals surface area contributed by atoms with Gasteiger partial charge < -0.3 is 14.6 Å². The largest absolute Gasteiger partial charge is 0.489 e. The van der Waals surface area contributed by atoms with Crippen molar-refractivity contribution in [1.82, 2.24) is 5.48 Å².